The molecular formula is C19H26O3. The van der Waals surface area contributed by atoms with Crippen LogP contribution in [0.1, 0.15) is 50.0 Å². The molecule has 3 heteroatoms. The second kappa shape index (κ2) is 12.5. The first kappa shape index (κ1) is 19.7. The van der Waals surface area contributed by atoms with E-state index in [9.17, 15) is 4.79 Å². The lowest BCUT2D eigenvalue weighted by atomic mass is 10.1. The van der Waals surface area contributed by atoms with Gasteiger partial charge >= 0.3 is 5.97 Å². The van der Waals surface area contributed by atoms with Crippen LogP contribution in [0.4, 0.5) is 0 Å². The third kappa shape index (κ3) is 8.10. The standard InChI is InChI=1S/C14H12O3.C3H8.C2H6/c15-14(16)12-8-6-11(7-9-12)10-17-13-4-2-1-3-5-13;1-3-2;1-2/h1-9H,10H2,(H,15,16);3H2,1-2H3;1-2H3. The summed E-state index contributed by atoms with van der Waals surface area (Å²) in [6, 6.07) is 16.2. The molecule has 0 spiro atoms. The fourth-order valence-electron chi connectivity index (χ4n) is 1.43. The highest BCUT2D eigenvalue weighted by atomic mass is 16.5. The zero-order valence-corrected chi connectivity index (χ0v) is 13.9. The van der Waals surface area contributed by atoms with Crippen molar-refractivity contribution < 1.29 is 14.6 Å². The number of hydrogen-bond acceptors (Lipinski definition) is 2. The second-order valence-corrected chi connectivity index (χ2v) is 4.31. The molecule has 0 saturated carbocycles. The number of carboxylic acid groups (broad SMARTS) is 1. The van der Waals surface area contributed by atoms with Gasteiger partial charge in [0.2, 0.25) is 0 Å². The Balaban J connectivity index is 0.000000789. The van der Waals surface area contributed by atoms with Crippen LogP contribution in [-0.4, -0.2) is 11.1 Å². The fraction of sp³-hybridized carbons (Fsp3) is 0.316. The number of aromatic carboxylic acids is 1. The van der Waals surface area contributed by atoms with Gasteiger partial charge in [0.1, 0.15) is 12.4 Å². The predicted octanol–water partition coefficient (Wildman–Crippen LogP) is 5.41. The number of para-hydroxylation sites is 1. The minimum atomic E-state index is -0.916. The van der Waals surface area contributed by atoms with Gasteiger partial charge in [0.15, 0.2) is 0 Å². The molecule has 3 nitrogen and oxygen atoms in total. The van der Waals surface area contributed by atoms with E-state index in [0.29, 0.717) is 6.61 Å². The van der Waals surface area contributed by atoms with Crippen LogP contribution in [0.5, 0.6) is 5.75 Å². The maximum atomic E-state index is 10.7. The molecule has 0 saturated heterocycles. The lowest BCUT2D eigenvalue weighted by Gasteiger charge is -2.06. The number of rotatable bonds is 4. The summed E-state index contributed by atoms with van der Waals surface area (Å²) >= 11 is 0. The van der Waals surface area contributed by atoms with Crippen molar-refractivity contribution >= 4 is 5.97 Å². The Morgan fingerprint density at radius 3 is 1.91 bits per heavy atom. The molecule has 0 aromatic heterocycles. The largest absolute Gasteiger partial charge is 0.489 e. The van der Waals surface area contributed by atoms with E-state index in [0.717, 1.165) is 11.3 Å². The van der Waals surface area contributed by atoms with Gasteiger partial charge in [-0.2, -0.15) is 0 Å². The molecule has 2 aromatic carbocycles. The molecule has 0 unspecified atom stereocenters. The van der Waals surface area contributed by atoms with Crippen molar-refractivity contribution in [3.8, 4) is 5.75 Å². The van der Waals surface area contributed by atoms with Crippen LogP contribution < -0.4 is 4.74 Å². The molecule has 1 N–H and O–H groups in total. The van der Waals surface area contributed by atoms with Crippen molar-refractivity contribution in [3.05, 3.63) is 65.7 Å². The third-order valence-electron chi connectivity index (χ3n) is 2.35. The molecule has 120 valence electrons. The molecule has 0 aliphatic carbocycles. The first-order valence-corrected chi connectivity index (χ1v) is 7.67. The Morgan fingerprint density at radius 2 is 1.45 bits per heavy atom. The summed E-state index contributed by atoms with van der Waals surface area (Å²) in [5.41, 5.74) is 1.23. The summed E-state index contributed by atoms with van der Waals surface area (Å²) in [5, 5.41) is 8.75. The van der Waals surface area contributed by atoms with E-state index < -0.39 is 5.97 Å². The molecule has 0 amide bonds. The van der Waals surface area contributed by atoms with Gasteiger partial charge in [-0.05, 0) is 29.8 Å². The van der Waals surface area contributed by atoms with Gasteiger partial charge in [0, 0.05) is 0 Å². The average molecular weight is 302 g/mol. The lowest BCUT2D eigenvalue weighted by Crippen LogP contribution is -1.98. The smallest absolute Gasteiger partial charge is 0.335 e. The van der Waals surface area contributed by atoms with Gasteiger partial charge in [-0.1, -0.05) is 64.4 Å². The van der Waals surface area contributed by atoms with Gasteiger partial charge in [0.25, 0.3) is 0 Å². The first-order valence-electron chi connectivity index (χ1n) is 7.67. The first-order chi connectivity index (χ1) is 10.7. The average Bonchev–Trinajstić information content (AvgIpc) is 2.57. The van der Waals surface area contributed by atoms with E-state index in [-0.39, 0.29) is 5.56 Å². The van der Waals surface area contributed by atoms with E-state index in [4.69, 9.17) is 9.84 Å². The number of benzene rings is 2. The Kier molecular flexibility index (Phi) is 11.2. The third-order valence-corrected chi connectivity index (χ3v) is 2.35. The summed E-state index contributed by atoms with van der Waals surface area (Å²) in [6.07, 6.45) is 1.25. The van der Waals surface area contributed by atoms with E-state index in [1.165, 1.54) is 6.42 Å². The second-order valence-electron chi connectivity index (χ2n) is 4.31. The van der Waals surface area contributed by atoms with Gasteiger partial charge in [-0.15, -0.1) is 0 Å². The zero-order chi connectivity index (χ0) is 16.8. The van der Waals surface area contributed by atoms with E-state index in [1.807, 2.05) is 44.2 Å². The highest BCUT2D eigenvalue weighted by Crippen LogP contribution is 2.12. The molecule has 0 atom stereocenters. The van der Waals surface area contributed by atoms with Crippen LogP contribution >= 0.6 is 0 Å². The van der Waals surface area contributed by atoms with Gasteiger partial charge in [0.05, 0.1) is 5.56 Å². The Hall–Kier alpha value is -2.29. The van der Waals surface area contributed by atoms with E-state index in [2.05, 4.69) is 13.8 Å². The van der Waals surface area contributed by atoms with Crippen molar-refractivity contribution in [1.29, 1.82) is 0 Å². The van der Waals surface area contributed by atoms with Gasteiger partial charge < -0.3 is 9.84 Å². The van der Waals surface area contributed by atoms with Crippen molar-refractivity contribution in [2.45, 2.75) is 40.7 Å². The van der Waals surface area contributed by atoms with Crippen LogP contribution in [0.2, 0.25) is 0 Å². The number of hydrogen-bond donors (Lipinski definition) is 1. The maximum Gasteiger partial charge on any atom is 0.335 e. The monoisotopic (exact) mass is 302 g/mol. The Labute approximate surface area is 133 Å². The molecule has 0 bridgehead atoms. The summed E-state index contributed by atoms with van der Waals surface area (Å²) in [6.45, 7) is 8.68. The highest BCUT2D eigenvalue weighted by molar-refractivity contribution is 5.87. The molecule has 2 rings (SSSR count). The molecule has 0 aliphatic heterocycles. The maximum absolute atomic E-state index is 10.7. The van der Waals surface area contributed by atoms with Crippen LogP contribution in [0.25, 0.3) is 0 Å². The molecule has 2 aromatic rings. The van der Waals surface area contributed by atoms with Crippen LogP contribution in [0.15, 0.2) is 54.6 Å². The fourth-order valence-corrected chi connectivity index (χ4v) is 1.43. The summed E-state index contributed by atoms with van der Waals surface area (Å²) in [4.78, 5) is 10.7. The molecule has 0 radical (unpaired) electrons. The van der Waals surface area contributed by atoms with Crippen molar-refractivity contribution in [1.82, 2.24) is 0 Å². The van der Waals surface area contributed by atoms with Crippen molar-refractivity contribution in [2.24, 2.45) is 0 Å². The minimum absolute atomic E-state index is 0.286. The summed E-state index contributed by atoms with van der Waals surface area (Å²) in [5.74, 6) is -0.115. The molecule has 0 aliphatic rings. The zero-order valence-electron chi connectivity index (χ0n) is 13.9. The summed E-state index contributed by atoms with van der Waals surface area (Å²) in [7, 11) is 0. The highest BCUT2D eigenvalue weighted by Gasteiger charge is 2.01. The SMILES string of the molecule is CC.CCC.O=C(O)c1ccc(COc2ccccc2)cc1. The molecule has 22 heavy (non-hydrogen) atoms. The number of carbonyl (C=O) groups is 1. The van der Waals surface area contributed by atoms with E-state index >= 15 is 0 Å². The normalized spacial score (nSPS) is 8.73. The van der Waals surface area contributed by atoms with Crippen LogP contribution in [-0.2, 0) is 6.61 Å². The lowest BCUT2D eigenvalue weighted by molar-refractivity contribution is 0.0697. The number of ether oxygens (including phenoxy) is 1. The molecular weight excluding hydrogens is 276 g/mol. The minimum Gasteiger partial charge on any atom is -0.489 e. The molecule has 0 heterocycles. The topological polar surface area (TPSA) is 46.5 Å². The van der Waals surface area contributed by atoms with Gasteiger partial charge in [-0.25, -0.2) is 4.79 Å². The Bertz CT molecular complexity index is 504. The molecule has 0 fully saturated rings. The predicted molar refractivity (Wildman–Crippen MR) is 91.5 cm³/mol. The summed E-state index contributed by atoms with van der Waals surface area (Å²) < 4.78 is 5.54. The van der Waals surface area contributed by atoms with Crippen LogP contribution in [0, 0.1) is 0 Å². The van der Waals surface area contributed by atoms with Crippen LogP contribution in [0.3, 0.4) is 0 Å². The number of carboxylic acids is 1. The van der Waals surface area contributed by atoms with Gasteiger partial charge in [-0.3, -0.25) is 0 Å². The van der Waals surface area contributed by atoms with E-state index in [1.54, 1.807) is 24.3 Å². The Morgan fingerprint density at radius 1 is 0.955 bits per heavy atom. The van der Waals surface area contributed by atoms with Crippen molar-refractivity contribution in [3.63, 3.8) is 0 Å². The van der Waals surface area contributed by atoms with Crippen molar-refractivity contribution in [2.75, 3.05) is 0 Å². The quantitative estimate of drug-likeness (QED) is 0.821.